The monoisotopic (exact) mass is 311 g/mol. The SMILES string of the molecule is CN(C)CC1CCCN1C(=O)c1cc([N+](=O)[O-])ccc1Cl. The molecule has 0 saturated carbocycles. The molecule has 1 aromatic carbocycles. The first kappa shape index (κ1) is 15.7. The van der Waals surface area contributed by atoms with Crippen LogP contribution in [-0.4, -0.2) is 53.9 Å². The Hall–Kier alpha value is -1.66. The zero-order valence-electron chi connectivity index (χ0n) is 12.1. The largest absolute Gasteiger partial charge is 0.334 e. The molecule has 114 valence electrons. The number of benzene rings is 1. The van der Waals surface area contributed by atoms with Crippen molar-refractivity contribution in [1.82, 2.24) is 9.80 Å². The predicted octanol–water partition coefficient (Wildman–Crippen LogP) is 2.41. The summed E-state index contributed by atoms with van der Waals surface area (Å²) >= 11 is 6.05. The van der Waals surface area contributed by atoms with Gasteiger partial charge in [-0.3, -0.25) is 14.9 Å². The number of nitro benzene ring substituents is 1. The Morgan fingerprint density at radius 1 is 1.52 bits per heavy atom. The van der Waals surface area contributed by atoms with Crippen molar-refractivity contribution in [3.8, 4) is 0 Å². The van der Waals surface area contributed by atoms with Gasteiger partial charge >= 0.3 is 0 Å². The van der Waals surface area contributed by atoms with E-state index in [0.29, 0.717) is 6.54 Å². The van der Waals surface area contributed by atoms with E-state index in [0.717, 1.165) is 19.4 Å². The molecule has 0 spiro atoms. The number of hydrogen-bond acceptors (Lipinski definition) is 4. The summed E-state index contributed by atoms with van der Waals surface area (Å²) in [6.45, 7) is 1.44. The van der Waals surface area contributed by atoms with Crippen LogP contribution < -0.4 is 0 Å². The van der Waals surface area contributed by atoms with Gasteiger partial charge in [-0.25, -0.2) is 0 Å². The zero-order valence-corrected chi connectivity index (χ0v) is 12.8. The molecular weight excluding hydrogens is 294 g/mol. The lowest BCUT2D eigenvalue weighted by atomic mass is 10.1. The Balaban J connectivity index is 2.26. The van der Waals surface area contributed by atoms with Crippen LogP contribution >= 0.6 is 11.6 Å². The van der Waals surface area contributed by atoms with Gasteiger partial charge in [0.15, 0.2) is 0 Å². The number of rotatable bonds is 4. The van der Waals surface area contributed by atoms with Gasteiger partial charge in [0, 0.05) is 31.3 Å². The maximum atomic E-state index is 12.6. The topological polar surface area (TPSA) is 66.7 Å². The van der Waals surface area contributed by atoms with Crippen molar-refractivity contribution in [1.29, 1.82) is 0 Å². The van der Waals surface area contributed by atoms with Gasteiger partial charge in [-0.1, -0.05) is 11.6 Å². The number of nitrogens with zero attached hydrogens (tertiary/aromatic N) is 3. The van der Waals surface area contributed by atoms with Gasteiger partial charge in [-0.05, 0) is 33.0 Å². The number of hydrogen-bond donors (Lipinski definition) is 0. The Kier molecular flexibility index (Phi) is 4.80. The maximum Gasteiger partial charge on any atom is 0.270 e. The van der Waals surface area contributed by atoms with Gasteiger partial charge in [0.1, 0.15) is 0 Å². The smallest absolute Gasteiger partial charge is 0.270 e. The molecule has 1 unspecified atom stereocenters. The molecule has 7 heteroatoms. The fraction of sp³-hybridized carbons (Fsp3) is 0.500. The first-order valence-corrected chi connectivity index (χ1v) is 7.17. The number of carbonyl (C=O) groups excluding carboxylic acids is 1. The van der Waals surface area contributed by atoms with Crippen LogP contribution in [0.2, 0.25) is 5.02 Å². The average molecular weight is 312 g/mol. The normalized spacial score (nSPS) is 18.3. The van der Waals surface area contributed by atoms with Crippen LogP contribution in [0, 0.1) is 10.1 Å². The van der Waals surface area contributed by atoms with Crippen molar-refractivity contribution < 1.29 is 9.72 Å². The lowest BCUT2D eigenvalue weighted by molar-refractivity contribution is -0.384. The first-order chi connectivity index (χ1) is 9.90. The summed E-state index contributed by atoms with van der Waals surface area (Å²) in [5.74, 6) is -0.229. The standard InChI is InChI=1S/C14H18ClN3O3/c1-16(2)9-11-4-3-7-17(11)14(19)12-8-10(18(20)21)5-6-13(12)15/h5-6,8,11H,3-4,7,9H2,1-2H3. The Labute approximate surface area is 128 Å². The third-order valence-corrected chi connectivity index (χ3v) is 3.93. The van der Waals surface area contributed by atoms with Gasteiger partial charge in [0.25, 0.3) is 11.6 Å². The summed E-state index contributed by atoms with van der Waals surface area (Å²) in [5.41, 5.74) is 0.0858. The third-order valence-electron chi connectivity index (χ3n) is 3.61. The quantitative estimate of drug-likeness (QED) is 0.632. The minimum absolute atomic E-state index is 0.119. The van der Waals surface area contributed by atoms with Crippen molar-refractivity contribution in [3.63, 3.8) is 0 Å². The molecule has 0 aliphatic carbocycles. The summed E-state index contributed by atoms with van der Waals surface area (Å²) in [6, 6.07) is 4.10. The van der Waals surface area contributed by atoms with E-state index in [2.05, 4.69) is 0 Å². The number of non-ortho nitro benzene ring substituents is 1. The molecule has 0 radical (unpaired) electrons. The van der Waals surface area contributed by atoms with Crippen molar-refractivity contribution >= 4 is 23.2 Å². The number of nitro groups is 1. The highest BCUT2D eigenvalue weighted by Crippen LogP contribution is 2.27. The lowest BCUT2D eigenvalue weighted by Crippen LogP contribution is -2.41. The first-order valence-electron chi connectivity index (χ1n) is 6.80. The zero-order chi connectivity index (χ0) is 15.6. The van der Waals surface area contributed by atoms with Crippen LogP contribution in [0.25, 0.3) is 0 Å². The summed E-state index contributed by atoms with van der Waals surface area (Å²) in [4.78, 5) is 26.8. The molecule has 1 fully saturated rings. The molecule has 1 atom stereocenters. The summed E-state index contributed by atoms with van der Waals surface area (Å²) in [6.07, 6.45) is 1.88. The van der Waals surface area contributed by atoms with Crippen molar-refractivity contribution in [2.75, 3.05) is 27.2 Å². The van der Waals surface area contributed by atoms with E-state index < -0.39 is 4.92 Å². The number of carbonyl (C=O) groups is 1. The van der Waals surface area contributed by atoms with Gasteiger partial charge in [-0.2, -0.15) is 0 Å². The van der Waals surface area contributed by atoms with Crippen molar-refractivity contribution in [2.45, 2.75) is 18.9 Å². The number of amides is 1. The molecule has 1 saturated heterocycles. The van der Waals surface area contributed by atoms with Crippen LogP contribution in [0.4, 0.5) is 5.69 Å². The molecule has 1 amide bonds. The Bertz CT molecular complexity index is 562. The van der Waals surface area contributed by atoms with Gasteiger partial charge in [0.05, 0.1) is 15.5 Å². The fourth-order valence-corrected chi connectivity index (χ4v) is 2.86. The lowest BCUT2D eigenvalue weighted by Gasteiger charge is -2.27. The summed E-state index contributed by atoms with van der Waals surface area (Å²) < 4.78 is 0. The molecule has 0 N–H and O–H groups in total. The molecule has 21 heavy (non-hydrogen) atoms. The van der Waals surface area contributed by atoms with Crippen LogP contribution in [-0.2, 0) is 0 Å². The van der Waals surface area contributed by atoms with E-state index in [1.165, 1.54) is 18.2 Å². The van der Waals surface area contributed by atoms with E-state index in [1.807, 2.05) is 19.0 Å². The van der Waals surface area contributed by atoms with Crippen LogP contribution in [0.1, 0.15) is 23.2 Å². The molecular formula is C14H18ClN3O3. The highest BCUT2D eigenvalue weighted by atomic mass is 35.5. The van der Waals surface area contributed by atoms with Crippen molar-refractivity contribution in [3.05, 3.63) is 38.9 Å². The highest BCUT2D eigenvalue weighted by molar-refractivity contribution is 6.33. The Morgan fingerprint density at radius 2 is 2.24 bits per heavy atom. The van der Waals surface area contributed by atoms with E-state index in [9.17, 15) is 14.9 Å². The average Bonchev–Trinajstić information content (AvgIpc) is 2.85. The van der Waals surface area contributed by atoms with Crippen LogP contribution in [0.5, 0.6) is 0 Å². The molecule has 1 aliphatic heterocycles. The van der Waals surface area contributed by atoms with E-state index in [1.54, 1.807) is 4.90 Å². The minimum atomic E-state index is -0.519. The number of halogens is 1. The molecule has 0 aromatic heterocycles. The molecule has 1 aromatic rings. The van der Waals surface area contributed by atoms with Crippen molar-refractivity contribution in [2.24, 2.45) is 0 Å². The number of likely N-dealkylation sites (tertiary alicyclic amines) is 1. The third kappa shape index (κ3) is 3.51. The minimum Gasteiger partial charge on any atom is -0.334 e. The van der Waals surface area contributed by atoms with E-state index >= 15 is 0 Å². The maximum absolute atomic E-state index is 12.6. The van der Waals surface area contributed by atoms with Crippen LogP contribution in [0.15, 0.2) is 18.2 Å². The van der Waals surface area contributed by atoms with E-state index in [-0.39, 0.29) is 28.2 Å². The fourth-order valence-electron chi connectivity index (χ4n) is 2.66. The molecule has 0 bridgehead atoms. The molecule has 1 heterocycles. The van der Waals surface area contributed by atoms with Gasteiger partial charge in [-0.15, -0.1) is 0 Å². The Morgan fingerprint density at radius 3 is 2.86 bits per heavy atom. The molecule has 6 nitrogen and oxygen atoms in total. The molecule has 1 aliphatic rings. The van der Waals surface area contributed by atoms with Gasteiger partial charge in [0.2, 0.25) is 0 Å². The summed E-state index contributed by atoms with van der Waals surface area (Å²) in [7, 11) is 3.92. The second-order valence-corrected chi connectivity index (χ2v) is 5.89. The second-order valence-electron chi connectivity index (χ2n) is 5.48. The predicted molar refractivity (Wildman–Crippen MR) is 80.7 cm³/mol. The van der Waals surface area contributed by atoms with Crippen LogP contribution in [0.3, 0.4) is 0 Å². The van der Waals surface area contributed by atoms with E-state index in [4.69, 9.17) is 11.6 Å². The number of likely N-dealkylation sites (N-methyl/N-ethyl adjacent to an activating group) is 1. The van der Waals surface area contributed by atoms with Gasteiger partial charge < -0.3 is 9.80 Å². The molecule has 2 rings (SSSR count). The second kappa shape index (κ2) is 6.41. The summed E-state index contributed by atoms with van der Waals surface area (Å²) in [5, 5.41) is 11.1. The highest BCUT2D eigenvalue weighted by Gasteiger charge is 2.31.